The van der Waals surface area contributed by atoms with Crippen molar-refractivity contribution in [2.75, 3.05) is 12.4 Å². The lowest BCUT2D eigenvalue weighted by Gasteiger charge is -2.28. The molecular weight excluding hydrogens is 316 g/mol. The summed E-state index contributed by atoms with van der Waals surface area (Å²) >= 11 is 7.63. The topological polar surface area (TPSA) is 26.3 Å². The Hall–Kier alpha value is -1.37. The van der Waals surface area contributed by atoms with Crippen LogP contribution in [0.15, 0.2) is 35.2 Å². The third kappa shape index (κ3) is 5.44. The number of hydrogen-bond acceptors (Lipinski definition) is 3. The van der Waals surface area contributed by atoms with Crippen LogP contribution in [0.3, 0.4) is 0 Å². The van der Waals surface area contributed by atoms with E-state index in [-0.39, 0.29) is 11.2 Å². The van der Waals surface area contributed by atoms with Crippen molar-refractivity contribution in [3.63, 3.8) is 0 Å². The smallest absolute Gasteiger partial charge is 0.157 e. The van der Waals surface area contributed by atoms with Gasteiger partial charge in [-0.25, -0.2) is 0 Å². The molecule has 0 radical (unpaired) electrons. The number of carbonyl (C=O) groups excluding carboxylic acids is 1. The van der Waals surface area contributed by atoms with Gasteiger partial charge in [0.15, 0.2) is 5.78 Å². The van der Waals surface area contributed by atoms with Gasteiger partial charge in [0, 0.05) is 6.42 Å². The number of allylic oxidation sites excluding steroid dienone is 2. The van der Waals surface area contributed by atoms with E-state index in [2.05, 4.69) is 25.7 Å². The number of hydrogen-bond donors (Lipinski definition) is 0. The van der Waals surface area contributed by atoms with Gasteiger partial charge in [-0.15, -0.1) is 11.8 Å². The number of rotatable bonds is 4. The molecular formula is C18H19ClO2S. The van der Waals surface area contributed by atoms with E-state index >= 15 is 0 Å². The first-order valence-electron chi connectivity index (χ1n) is 7.15. The van der Waals surface area contributed by atoms with Crippen molar-refractivity contribution in [1.29, 1.82) is 0 Å². The summed E-state index contributed by atoms with van der Waals surface area (Å²) in [6, 6.07) is 7.34. The molecule has 0 bridgehead atoms. The van der Waals surface area contributed by atoms with Crippen LogP contribution in [0.1, 0.15) is 26.7 Å². The highest BCUT2D eigenvalue weighted by atomic mass is 35.5. The highest BCUT2D eigenvalue weighted by Gasteiger charge is 2.27. The second-order valence-electron chi connectivity index (χ2n) is 5.96. The van der Waals surface area contributed by atoms with Gasteiger partial charge in [-0.3, -0.25) is 4.79 Å². The Morgan fingerprint density at radius 1 is 1.27 bits per heavy atom. The van der Waals surface area contributed by atoms with Crippen LogP contribution in [0.2, 0.25) is 5.02 Å². The molecule has 0 heterocycles. The van der Waals surface area contributed by atoms with Crippen LogP contribution in [0, 0.1) is 17.3 Å². The standard InChI is InChI=1S/C18H19ClO2S/c1-18(2)12-14(20)11-15(13-18)22-10-6-5-9-21-17-8-4-3-7-16(17)19/h3-4,7-8,11H,9-10,12-13H2,1-2H3. The molecule has 2 rings (SSSR count). The zero-order valence-corrected chi connectivity index (χ0v) is 14.4. The van der Waals surface area contributed by atoms with E-state index in [1.54, 1.807) is 23.9 Å². The molecule has 1 aliphatic carbocycles. The third-order valence-corrected chi connectivity index (χ3v) is 4.45. The predicted octanol–water partition coefficient (Wildman–Crippen LogP) is 4.73. The lowest BCUT2D eigenvalue weighted by atomic mass is 9.80. The van der Waals surface area contributed by atoms with E-state index < -0.39 is 0 Å². The first-order valence-corrected chi connectivity index (χ1v) is 8.52. The Bertz CT molecular complexity index is 638. The first kappa shape index (κ1) is 17.0. The van der Waals surface area contributed by atoms with E-state index in [9.17, 15) is 4.79 Å². The quantitative estimate of drug-likeness (QED) is 0.745. The van der Waals surface area contributed by atoms with Crippen molar-refractivity contribution >= 4 is 29.1 Å². The van der Waals surface area contributed by atoms with E-state index in [4.69, 9.17) is 16.3 Å². The predicted molar refractivity (Wildman–Crippen MR) is 93.3 cm³/mol. The minimum Gasteiger partial charge on any atom is -0.479 e. The lowest BCUT2D eigenvalue weighted by molar-refractivity contribution is -0.116. The summed E-state index contributed by atoms with van der Waals surface area (Å²) in [5.74, 6) is 7.56. The van der Waals surface area contributed by atoms with E-state index in [1.165, 1.54) is 0 Å². The number of ether oxygens (including phenoxy) is 1. The van der Waals surface area contributed by atoms with Gasteiger partial charge in [-0.2, -0.15) is 0 Å². The zero-order valence-electron chi connectivity index (χ0n) is 12.8. The number of benzene rings is 1. The third-order valence-electron chi connectivity index (χ3n) is 3.22. The van der Waals surface area contributed by atoms with Gasteiger partial charge in [0.2, 0.25) is 0 Å². The highest BCUT2D eigenvalue weighted by Crippen LogP contribution is 2.38. The van der Waals surface area contributed by atoms with Crippen LogP contribution < -0.4 is 4.74 Å². The van der Waals surface area contributed by atoms with Gasteiger partial charge >= 0.3 is 0 Å². The Balaban J connectivity index is 1.76. The molecule has 0 saturated carbocycles. The maximum atomic E-state index is 11.7. The Morgan fingerprint density at radius 3 is 2.77 bits per heavy atom. The fourth-order valence-corrected chi connectivity index (χ4v) is 3.54. The minimum absolute atomic E-state index is 0.0643. The fraction of sp³-hybridized carbons (Fsp3) is 0.389. The summed E-state index contributed by atoms with van der Waals surface area (Å²) in [7, 11) is 0. The average molecular weight is 335 g/mol. The Labute approximate surface area is 141 Å². The molecule has 0 unspecified atom stereocenters. The van der Waals surface area contributed by atoms with Crippen LogP contribution in [0.5, 0.6) is 5.75 Å². The Kier molecular flexibility index (Phi) is 5.99. The first-order chi connectivity index (χ1) is 10.5. The van der Waals surface area contributed by atoms with Gasteiger partial charge < -0.3 is 4.74 Å². The number of para-hydroxylation sites is 1. The van der Waals surface area contributed by atoms with Crippen molar-refractivity contribution in [2.24, 2.45) is 5.41 Å². The van der Waals surface area contributed by atoms with Crippen molar-refractivity contribution in [3.05, 3.63) is 40.3 Å². The van der Waals surface area contributed by atoms with E-state index in [0.717, 1.165) is 11.3 Å². The van der Waals surface area contributed by atoms with E-state index in [0.29, 0.717) is 29.6 Å². The van der Waals surface area contributed by atoms with Gasteiger partial charge in [-0.05, 0) is 34.9 Å². The molecule has 0 saturated heterocycles. The molecule has 4 heteroatoms. The van der Waals surface area contributed by atoms with Gasteiger partial charge in [-0.1, -0.05) is 49.4 Å². The van der Waals surface area contributed by atoms with Crippen molar-refractivity contribution in [1.82, 2.24) is 0 Å². The van der Waals surface area contributed by atoms with Crippen LogP contribution in [0.4, 0.5) is 0 Å². The molecule has 1 aromatic carbocycles. The largest absolute Gasteiger partial charge is 0.479 e. The fourth-order valence-electron chi connectivity index (χ4n) is 2.29. The van der Waals surface area contributed by atoms with Crippen LogP contribution in [-0.4, -0.2) is 18.1 Å². The molecule has 0 aromatic heterocycles. The maximum Gasteiger partial charge on any atom is 0.157 e. The van der Waals surface area contributed by atoms with Crippen LogP contribution in [-0.2, 0) is 4.79 Å². The second kappa shape index (κ2) is 7.76. The Morgan fingerprint density at radius 2 is 2.05 bits per heavy atom. The number of halogens is 1. The molecule has 116 valence electrons. The summed E-state index contributed by atoms with van der Waals surface area (Å²) in [5.41, 5.74) is 0.0643. The molecule has 1 aliphatic rings. The molecule has 0 atom stereocenters. The molecule has 0 aliphatic heterocycles. The monoisotopic (exact) mass is 334 g/mol. The molecule has 2 nitrogen and oxygen atoms in total. The maximum absolute atomic E-state index is 11.7. The van der Waals surface area contributed by atoms with Crippen LogP contribution >= 0.6 is 23.4 Å². The number of carbonyl (C=O) groups is 1. The lowest BCUT2D eigenvalue weighted by Crippen LogP contribution is -2.20. The van der Waals surface area contributed by atoms with Crippen LogP contribution in [0.25, 0.3) is 0 Å². The normalized spacial score (nSPS) is 16.5. The van der Waals surface area contributed by atoms with Gasteiger partial charge in [0.05, 0.1) is 10.8 Å². The molecule has 0 N–H and O–H groups in total. The average Bonchev–Trinajstić information content (AvgIpc) is 2.42. The molecule has 0 fully saturated rings. The van der Waals surface area contributed by atoms with E-state index in [1.807, 2.05) is 18.2 Å². The molecule has 0 amide bonds. The van der Waals surface area contributed by atoms with Crippen molar-refractivity contribution in [2.45, 2.75) is 26.7 Å². The summed E-state index contributed by atoms with van der Waals surface area (Å²) < 4.78 is 5.50. The zero-order chi connectivity index (χ0) is 16.0. The summed E-state index contributed by atoms with van der Waals surface area (Å²) in [6.07, 6.45) is 3.34. The summed E-state index contributed by atoms with van der Waals surface area (Å²) in [5, 5.41) is 0.590. The van der Waals surface area contributed by atoms with Crippen molar-refractivity contribution in [3.8, 4) is 17.6 Å². The number of thioether (sulfide) groups is 1. The number of ketones is 1. The van der Waals surface area contributed by atoms with Gasteiger partial charge in [0.1, 0.15) is 12.4 Å². The molecule has 1 aromatic rings. The summed E-state index contributed by atoms with van der Waals surface area (Å²) in [6.45, 7) is 4.57. The minimum atomic E-state index is 0.0643. The van der Waals surface area contributed by atoms with Gasteiger partial charge in [0.25, 0.3) is 0 Å². The van der Waals surface area contributed by atoms with Crippen molar-refractivity contribution < 1.29 is 9.53 Å². The summed E-state index contributed by atoms with van der Waals surface area (Å²) in [4.78, 5) is 12.8. The second-order valence-corrected chi connectivity index (χ2v) is 7.46. The molecule has 0 spiro atoms. The highest BCUT2D eigenvalue weighted by molar-refractivity contribution is 8.03. The SMILES string of the molecule is CC1(C)CC(=O)C=C(SCC#CCOc2ccccc2Cl)C1. The molecule has 22 heavy (non-hydrogen) atoms.